The van der Waals surface area contributed by atoms with Gasteiger partial charge < -0.3 is 10.3 Å². The average Bonchev–Trinajstić information content (AvgIpc) is 3.55. The maximum Gasteiger partial charge on any atom is 0.263 e. The lowest BCUT2D eigenvalue weighted by molar-refractivity contribution is -0.118. The predicted octanol–water partition coefficient (Wildman–Crippen LogP) is 6.14. The minimum Gasteiger partial charge on any atom is -0.341 e. The molecule has 2 N–H and O–H groups in total. The molecule has 7 nitrogen and oxygen atoms in total. The lowest BCUT2D eigenvalue weighted by atomic mass is 10.0. The number of amides is 1. The van der Waals surface area contributed by atoms with Crippen LogP contribution in [-0.4, -0.2) is 31.6 Å². The minimum atomic E-state index is -0.308. The lowest BCUT2D eigenvalue weighted by Crippen LogP contribution is -2.28. The van der Waals surface area contributed by atoms with Crippen molar-refractivity contribution in [3.63, 3.8) is 0 Å². The number of thiazole rings is 1. The number of ketones is 1. The van der Waals surface area contributed by atoms with Crippen molar-refractivity contribution in [3.05, 3.63) is 64.1 Å². The number of nitrogens with zero attached hydrogens (tertiary/aromatic N) is 3. The summed E-state index contributed by atoms with van der Waals surface area (Å²) in [6, 6.07) is 9.46. The van der Waals surface area contributed by atoms with Crippen LogP contribution in [-0.2, 0) is 4.79 Å². The van der Waals surface area contributed by atoms with Gasteiger partial charge >= 0.3 is 0 Å². The van der Waals surface area contributed by atoms with E-state index in [9.17, 15) is 9.59 Å². The second-order valence-corrected chi connectivity index (χ2v) is 9.33. The number of Topliss-reactive ketones (excluding diaryl/α,β-unsaturated/α-hetero) is 1. The fraction of sp³-hybridized carbons (Fsp3) is 0.320. The van der Waals surface area contributed by atoms with E-state index >= 15 is 0 Å². The molecule has 0 aliphatic rings. The molecule has 176 valence electrons. The third-order valence-electron chi connectivity index (χ3n) is 5.70. The first-order valence-electron chi connectivity index (χ1n) is 11.4. The van der Waals surface area contributed by atoms with Gasteiger partial charge in [0.15, 0.2) is 0 Å². The maximum absolute atomic E-state index is 12.7. The highest BCUT2D eigenvalue weighted by Crippen LogP contribution is 2.30. The zero-order chi connectivity index (χ0) is 23.9. The van der Waals surface area contributed by atoms with Crippen molar-refractivity contribution in [1.29, 1.82) is 0 Å². The molecule has 0 unspecified atom stereocenters. The molecule has 0 fully saturated rings. The topological polar surface area (TPSA) is 101 Å². The van der Waals surface area contributed by atoms with Gasteiger partial charge in [0.25, 0.3) is 5.91 Å². The van der Waals surface area contributed by atoms with Crippen molar-refractivity contribution in [3.8, 4) is 11.3 Å². The van der Waals surface area contributed by atoms with E-state index in [4.69, 9.17) is 11.6 Å². The number of fused-ring (bicyclic) bond motifs is 1. The van der Waals surface area contributed by atoms with E-state index in [1.165, 1.54) is 11.3 Å². The molecule has 0 saturated heterocycles. The number of halogens is 1. The highest BCUT2D eigenvalue weighted by molar-refractivity contribution is 7.11. The number of nitrogens with one attached hydrogen (secondary N) is 2. The Morgan fingerprint density at radius 3 is 2.82 bits per heavy atom. The maximum atomic E-state index is 12.7. The SMILES string of the molecule is CCC(=O)CCCCC[C@H](NC(=O)c1cncs1)c1ncc(-c2cc3ccccc3nc2Cl)[nH]1. The standard InChI is InChI=1S/C25H26ClN5O2S/c1-2-17(32)9-4-3-5-11-20(31-25(33)22-14-27-15-34-22)24-28-13-21(30-24)18-12-16-8-6-7-10-19(16)29-23(18)26/h6-8,10,12-15,20H,2-5,9,11H2,1H3,(H,28,30)(H,31,33)/t20-/m0/s1. The number of pyridine rings is 1. The van der Waals surface area contributed by atoms with E-state index in [2.05, 4.69) is 25.3 Å². The number of rotatable bonds is 11. The Labute approximate surface area is 207 Å². The van der Waals surface area contributed by atoms with Crippen LogP contribution in [0.3, 0.4) is 0 Å². The van der Waals surface area contributed by atoms with Crippen LogP contribution < -0.4 is 5.32 Å². The molecular weight excluding hydrogens is 470 g/mol. The molecule has 0 spiro atoms. The molecular formula is C25H26ClN5O2S. The Morgan fingerprint density at radius 1 is 1.18 bits per heavy atom. The third kappa shape index (κ3) is 5.87. The normalized spacial score (nSPS) is 12.1. The number of H-pyrrole nitrogens is 1. The van der Waals surface area contributed by atoms with Gasteiger partial charge in [-0.3, -0.25) is 14.6 Å². The Balaban J connectivity index is 1.52. The smallest absolute Gasteiger partial charge is 0.263 e. The van der Waals surface area contributed by atoms with Crippen molar-refractivity contribution in [1.82, 2.24) is 25.3 Å². The van der Waals surface area contributed by atoms with Crippen molar-refractivity contribution in [2.45, 2.75) is 51.5 Å². The van der Waals surface area contributed by atoms with Crippen LogP contribution in [0.15, 0.2) is 48.2 Å². The fourth-order valence-corrected chi connectivity index (χ4v) is 4.56. The zero-order valence-corrected chi connectivity index (χ0v) is 20.5. The Hall–Kier alpha value is -3.10. The van der Waals surface area contributed by atoms with Crippen molar-refractivity contribution in [2.75, 3.05) is 0 Å². The highest BCUT2D eigenvalue weighted by Gasteiger charge is 2.20. The fourth-order valence-electron chi connectivity index (χ4n) is 3.79. The number of unbranched alkanes of at least 4 members (excludes halogenated alkanes) is 2. The van der Waals surface area contributed by atoms with Gasteiger partial charge in [-0.2, -0.15) is 0 Å². The first-order valence-corrected chi connectivity index (χ1v) is 12.6. The number of hydrogen-bond donors (Lipinski definition) is 2. The molecule has 3 aromatic heterocycles. The molecule has 1 aromatic carbocycles. The Bertz CT molecular complexity index is 1270. The molecule has 0 saturated carbocycles. The number of imidazole rings is 1. The summed E-state index contributed by atoms with van der Waals surface area (Å²) in [4.78, 5) is 41.2. The van der Waals surface area contributed by atoms with Crippen LogP contribution in [0.2, 0.25) is 5.15 Å². The van der Waals surface area contributed by atoms with Gasteiger partial charge in [0.2, 0.25) is 0 Å². The molecule has 34 heavy (non-hydrogen) atoms. The van der Waals surface area contributed by atoms with Gasteiger partial charge in [0.05, 0.1) is 35.2 Å². The molecule has 1 atom stereocenters. The van der Waals surface area contributed by atoms with Gasteiger partial charge in [-0.1, -0.05) is 49.6 Å². The number of carbonyl (C=O) groups is 2. The van der Waals surface area contributed by atoms with E-state index in [0.29, 0.717) is 35.1 Å². The monoisotopic (exact) mass is 495 g/mol. The van der Waals surface area contributed by atoms with Crippen LogP contribution in [0.25, 0.3) is 22.2 Å². The number of benzene rings is 1. The van der Waals surface area contributed by atoms with Gasteiger partial charge in [0.1, 0.15) is 21.6 Å². The highest BCUT2D eigenvalue weighted by atomic mass is 35.5. The van der Waals surface area contributed by atoms with Crippen LogP contribution >= 0.6 is 22.9 Å². The summed E-state index contributed by atoms with van der Waals surface area (Å²) in [5.41, 5.74) is 3.95. The molecule has 0 aliphatic carbocycles. The van der Waals surface area contributed by atoms with Crippen LogP contribution in [0.4, 0.5) is 0 Å². The Kier molecular flexibility index (Phi) is 8.03. The number of carbonyl (C=O) groups excluding carboxylic acids is 2. The number of aromatic nitrogens is 4. The molecule has 0 aliphatic heterocycles. The van der Waals surface area contributed by atoms with Crippen molar-refractivity contribution in [2.24, 2.45) is 0 Å². The van der Waals surface area contributed by atoms with E-state index in [1.807, 2.05) is 37.3 Å². The summed E-state index contributed by atoms with van der Waals surface area (Å²) in [5, 5.41) is 4.45. The molecule has 9 heteroatoms. The van der Waals surface area contributed by atoms with Crippen LogP contribution in [0, 0.1) is 0 Å². The second-order valence-electron chi connectivity index (χ2n) is 8.08. The molecule has 4 rings (SSSR count). The van der Waals surface area contributed by atoms with E-state index in [-0.39, 0.29) is 17.7 Å². The summed E-state index contributed by atoms with van der Waals surface area (Å²) in [6.07, 6.45) is 7.78. The van der Waals surface area contributed by atoms with Gasteiger partial charge in [-0.05, 0) is 25.0 Å². The summed E-state index contributed by atoms with van der Waals surface area (Å²) in [6.45, 7) is 1.89. The summed E-state index contributed by atoms with van der Waals surface area (Å²) < 4.78 is 0. The summed E-state index contributed by atoms with van der Waals surface area (Å²) >= 11 is 7.77. The zero-order valence-electron chi connectivity index (χ0n) is 18.9. The van der Waals surface area contributed by atoms with E-state index in [1.54, 1.807) is 17.9 Å². The largest absolute Gasteiger partial charge is 0.341 e. The van der Waals surface area contributed by atoms with Gasteiger partial charge in [0, 0.05) is 23.8 Å². The molecule has 4 aromatic rings. The Morgan fingerprint density at radius 2 is 2.03 bits per heavy atom. The summed E-state index contributed by atoms with van der Waals surface area (Å²) in [5.74, 6) is 0.755. The molecule has 0 radical (unpaired) electrons. The number of aromatic amines is 1. The van der Waals surface area contributed by atoms with Gasteiger partial charge in [-0.25, -0.2) is 9.97 Å². The molecule has 3 heterocycles. The minimum absolute atomic E-state index is 0.183. The third-order valence-corrected chi connectivity index (χ3v) is 6.76. The molecule has 0 bridgehead atoms. The van der Waals surface area contributed by atoms with Crippen molar-refractivity contribution < 1.29 is 9.59 Å². The number of para-hydroxylation sites is 1. The summed E-state index contributed by atoms with van der Waals surface area (Å²) in [7, 11) is 0. The van der Waals surface area contributed by atoms with E-state index in [0.717, 1.165) is 41.4 Å². The van der Waals surface area contributed by atoms with E-state index < -0.39 is 0 Å². The van der Waals surface area contributed by atoms with Crippen molar-refractivity contribution >= 4 is 45.5 Å². The first-order chi connectivity index (χ1) is 16.5. The van der Waals surface area contributed by atoms with Crippen LogP contribution in [0.5, 0.6) is 0 Å². The second kappa shape index (κ2) is 11.4. The lowest BCUT2D eigenvalue weighted by Gasteiger charge is -2.16. The number of hydrogen-bond acceptors (Lipinski definition) is 6. The first kappa shape index (κ1) is 24.0. The quantitative estimate of drug-likeness (QED) is 0.192. The predicted molar refractivity (Wildman–Crippen MR) is 135 cm³/mol. The van der Waals surface area contributed by atoms with Crippen LogP contribution in [0.1, 0.15) is 67.0 Å². The van der Waals surface area contributed by atoms with Gasteiger partial charge in [-0.15, -0.1) is 11.3 Å². The average molecular weight is 496 g/mol. The molecule has 1 amide bonds.